The van der Waals surface area contributed by atoms with E-state index in [1.54, 1.807) is 12.1 Å². The maximum atomic E-state index is 12.2. The predicted molar refractivity (Wildman–Crippen MR) is 88.0 cm³/mol. The molecule has 1 aromatic heterocycles. The molecule has 1 fully saturated rings. The number of nitrogens with two attached hydrogens (primary N) is 1. The number of nitrogens with zero attached hydrogens (tertiary/aromatic N) is 2. The number of aromatic nitrogens is 2. The molecule has 1 aliphatic rings. The molecule has 2 aromatic rings. The number of amides is 1. The molecule has 1 saturated carbocycles. The summed E-state index contributed by atoms with van der Waals surface area (Å²) in [6.45, 7) is 2.76. The molecule has 6 heteroatoms. The van der Waals surface area contributed by atoms with Gasteiger partial charge in [0.05, 0.1) is 11.2 Å². The van der Waals surface area contributed by atoms with Crippen LogP contribution in [0.2, 0.25) is 5.02 Å². The SMILES string of the molecule is CCCc1c(Cl)ccc2c(N)c(C(=O)NCC3CC3)nnc12. The van der Waals surface area contributed by atoms with Gasteiger partial charge in [0.15, 0.2) is 5.69 Å². The van der Waals surface area contributed by atoms with Crippen molar-refractivity contribution in [1.82, 2.24) is 15.5 Å². The molecule has 0 spiro atoms. The first kappa shape index (κ1) is 15.0. The number of benzene rings is 1. The number of carbonyl (C=O) groups is 1. The molecule has 3 rings (SSSR count). The summed E-state index contributed by atoms with van der Waals surface area (Å²) in [4.78, 5) is 12.2. The third-order valence-corrected chi connectivity index (χ3v) is 4.34. The van der Waals surface area contributed by atoms with E-state index in [0.29, 0.717) is 28.7 Å². The standard InChI is InChI=1S/C16H19ClN4O/c1-2-3-10-12(17)7-6-11-13(18)15(21-20-14(10)11)16(22)19-8-9-4-5-9/h6-7,9H,2-5,8H2,1H3,(H2,18,20)(H,19,22). The maximum absolute atomic E-state index is 12.2. The molecule has 1 aliphatic carbocycles. The van der Waals surface area contributed by atoms with Crippen molar-refractivity contribution in [3.63, 3.8) is 0 Å². The molecule has 0 radical (unpaired) electrons. The Hall–Kier alpha value is -1.88. The Balaban J connectivity index is 1.98. The summed E-state index contributed by atoms with van der Waals surface area (Å²) in [7, 11) is 0. The number of fused-ring (bicyclic) bond motifs is 1. The van der Waals surface area contributed by atoms with Gasteiger partial charge >= 0.3 is 0 Å². The second-order valence-corrected chi connectivity index (χ2v) is 6.19. The van der Waals surface area contributed by atoms with E-state index in [9.17, 15) is 4.79 Å². The Labute approximate surface area is 134 Å². The Morgan fingerprint density at radius 2 is 2.18 bits per heavy atom. The fourth-order valence-corrected chi connectivity index (χ4v) is 2.77. The molecule has 0 aliphatic heterocycles. The fourth-order valence-electron chi connectivity index (χ4n) is 2.52. The largest absolute Gasteiger partial charge is 0.396 e. The summed E-state index contributed by atoms with van der Waals surface area (Å²) in [5, 5.41) is 12.5. The molecule has 0 bridgehead atoms. The van der Waals surface area contributed by atoms with Crippen molar-refractivity contribution in [1.29, 1.82) is 0 Å². The first-order valence-electron chi connectivity index (χ1n) is 7.63. The van der Waals surface area contributed by atoms with E-state index in [0.717, 1.165) is 23.8 Å². The highest BCUT2D eigenvalue weighted by Gasteiger charge is 2.23. The van der Waals surface area contributed by atoms with Crippen LogP contribution in [0.1, 0.15) is 42.2 Å². The number of rotatable bonds is 5. The van der Waals surface area contributed by atoms with Gasteiger partial charge in [-0.15, -0.1) is 10.2 Å². The van der Waals surface area contributed by atoms with Crippen LogP contribution in [0.15, 0.2) is 12.1 Å². The highest BCUT2D eigenvalue weighted by atomic mass is 35.5. The lowest BCUT2D eigenvalue weighted by atomic mass is 10.0. The third kappa shape index (κ3) is 2.86. The van der Waals surface area contributed by atoms with E-state index >= 15 is 0 Å². The van der Waals surface area contributed by atoms with Gasteiger partial charge in [-0.2, -0.15) is 0 Å². The van der Waals surface area contributed by atoms with Crippen LogP contribution in [-0.4, -0.2) is 22.6 Å². The Morgan fingerprint density at radius 3 is 2.86 bits per heavy atom. The van der Waals surface area contributed by atoms with Gasteiger partial charge < -0.3 is 11.1 Å². The Morgan fingerprint density at radius 1 is 1.41 bits per heavy atom. The number of aryl methyl sites for hydroxylation is 1. The van der Waals surface area contributed by atoms with Crippen molar-refractivity contribution < 1.29 is 4.79 Å². The highest BCUT2D eigenvalue weighted by molar-refractivity contribution is 6.32. The summed E-state index contributed by atoms with van der Waals surface area (Å²) >= 11 is 6.24. The molecule has 1 aromatic carbocycles. The fraction of sp³-hybridized carbons (Fsp3) is 0.438. The minimum Gasteiger partial charge on any atom is -0.396 e. The van der Waals surface area contributed by atoms with Gasteiger partial charge in [-0.1, -0.05) is 24.9 Å². The van der Waals surface area contributed by atoms with Crippen LogP contribution >= 0.6 is 11.6 Å². The summed E-state index contributed by atoms with van der Waals surface area (Å²) < 4.78 is 0. The number of halogens is 1. The third-order valence-electron chi connectivity index (χ3n) is 3.98. The van der Waals surface area contributed by atoms with E-state index in [4.69, 9.17) is 17.3 Å². The van der Waals surface area contributed by atoms with Gasteiger partial charge in [0.2, 0.25) is 0 Å². The number of anilines is 1. The van der Waals surface area contributed by atoms with Crippen LogP contribution in [0, 0.1) is 5.92 Å². The summed E-state index contributed by atoms with van der Waals surface area (Å²) in [6, 6.07) is 3.61. The number of nitrogen functional groups attached to an aromatic ring is 1. The lowest BCUT2D eigenvalue weighted by Gasteiger charge is -2.11. The lowest BCUT2D eigenvalue weighted by Crippen LogP contribution is -2.27. The summed E-state index contributed by atoms with van der Waals surface area (Å²) in [5.74, 6) is 0.347. The molecule has 5 nitrogen and oxygen atoms in total. The van der Waals surface area contributed by atoms with Gasteiger partial charge in [0.25, 0.3) is 5.91 Å². The molecule has 0 unspecified atom stereocenters. The predicted octanol–water partition coefficient (Wildman–Crippen LogP) is 2.96. The number of hydrogen-bond acceptors (Lipinski definition) is 4. The lowest BCUT2D eigenvalue weighted by molar-refractivity contribution is 0.0947. The van der Waals surface area contributed by atoms with E-state index in [1.165, 1.54) is 12.8 Å². The van der Waals surface area contributed by atoms with Crippen LogP contribution in [0.3, 0.4) is 0 Å². The number of hydrogen-bond donors (Lipinski definition) is 2. The maximum Gasteiger partial charge on any atom is 0.273 e. The monoisotopic (exact) mass is 318 g/mol. The minimum absolute atomic E-state index is 0.193. The molecule has 1 heterocycles. The number of carbonyl (C=O) groups excluding carboxylic acids is 1. The van der Waals surface area contributed by atoms with Gasteiger partial charge in [0.1, 0.15) is 0 Å². The molecule has 1 amide bonds. The average molecular weight is 319 g/mol. The smallest absolute Gasteiger partial charge is 0.273 e. The molecule has 3 N–H and O–H groups in total. The number of nitrogens with one attached hydrogen (secondary N) is 1. The Kier molecular flexibility index (Phi) is 4.16. The topological polar surface area (TPSA) is 80.9 Å². The van der Waals surface area contributed by atoms with Crippen molar-refractivity contribution in [3.8, 4) is 0 Å². The quantitative estimate of drug-likeness (QED) is 0.888. The van der Waals surface area contributed by atoms with E-state index in [2.05, 4.69) is 22.4 Å². The second-order valence-electron chi connectivity index (χ2n) is 5.79. The van der Waals surface area contributed by atoms with Crippen molar-refractivity contribution >= 4 is 34.1 Å². The van der Waals surface area contributed by atoms with Crippen LogP contribution in [0.4, 0.5) is 5.69 Å². The summed E-state index contributed by atoms with van der Waals surface area (Å²) in [5.41, 5.74) is 8.33. The van der Waals surface area contributed by atoms with Gasteiger partial charge in [-0.05, 0) is 42.9 Å². The van der Waals surface area contributed by atoms with E-state index in [-0.39, 0.29) is 11.6 Å². The summed E-state index contributed by atoms with van der Waals surface area (Å²) in [6.07, 6.45) is 4.11. The normalized spacial score (nSPS) is 14.3. The molecular formula is C16H19ClN4O. The highest BCUT2D eigenvalue weighted by Crippen LogP contribution is 2.30. The van der Waals surface area contributed by atoms with Gasteiger partial charge in [0, 0.05) is 17.0 Å². The minimum atomic E-state index is -0.259. The zero-order valence-electron chi connectivity index (χ0n) is 12.5. The van der Waals surface area contributed by atoms with Crippen LogP contribution in [-0.2, 0) is 6.42 Å². The zero-order valence-corrected chi connectivity index (χ0v) is 13.3. The van der Waals surface area contributed by atoms with Crippen LogP contribution in [0.25, 0.3) is 10.9 Å². The van der Waals surface area contributed by atoms with Crippen molar-refractivity contribution in [3.05, 3.63) is 28.4 Å². The molecule has 22 heavy (non-hydrogen) atoms. The molecule has 116 valence electrons. The first-order chi connectivity index (χ1) is 10.6. The van der Waals surface area contributed by atoms with Crippen molar-refractivity contribution in [2.75, 3.05) is 12.3 Å². The van der Waals surface area contributed by atoms with Crippen molar-refractivity contribution in [2.45, 2.75) is 32.6 Å². The molecule has 0 saturated heterocycles. The van der Waals surface area contributed by atoms with Crippen LogP contribution in [0.5, 0.6) is 0 Å². The average Bonchev–Trinajstić information content (AvgIpc) is 3.32. The van der Waals surface area contributed by atoms with Crippen LogP contribution < -0.4 is 11.1 Å². The first-order valence-corrected chi connectivity index (χ1v) is 8.01. The molecule has 0 atom stereocenters. The Bertz CT molecular complexity index is 728. The molecular weight excluding hydrogens is 300 g/mol. The van der Waals surface area contributed by atoms with Gasteiger partial charge in [-0.3, -0.25) is 4.79 Å². The van der Waals surface area contributed by atoms with E-state index < -0.39 is 0 Å². The van der Waals surface area contributed by atoms with E-state index in [1.807, 2.05) is 0 Å². The zero-order chi connectivity index (χ0) is 15.7. The van der Waals surface area contributed by atoms with Gasteiger partial charge in [-0.25, -0.2) is 0 Å². The second kappa shape index (κ2) is 6.08. The van der Waals surface area contributed by atoms with Crippen molar-refractivity contribution in [2.24, 2.45) is 5.92 Å².